The highest BCUT2D eigenvalue weighted by Crippen LogP contribution is 2.79. The summed E-state index contributed by atoms with van der Waals surface area (Å²) in [6.45, 7) is 12.3. The molecule has 378 valence electrons. The van der Waals surface area contributed by atoms with Crippen LogP contribution in [0.4, 0.5) is 33.3 Å². The van der Waals surface area contributed by atoms with E-state index in [-0.39, 0.29) is 23.0 Å². The standard InChI is InChI=1S/C49H63F5N6O6S3/c1-46(2)16-14-36(41(29-46)47-32-48(33-47,34-47)45(50)51)30-59-22-24-60(25-23-59)38-10-8-35(9-11-38)44(62)56-69(65,66)40-12-13-42(43(28-40)68(63,64)49(52,53)54)55-37(31-67-39-6-4-3-5-7-39)15-17-57-18-20-58(21-19-57)26-27-61/h3-13,28,37,45,55,61H,14-27,29-34H2,1-2H3,(H,56,62)/t37-,47?,48?/m1/s1. The minimum Gasteiger partial charge on any atom is -0.395 e. The highest BCUT2D eigenvalue weighted by atomic mass is 32.2. The highest BCUT2D eigenvalue weighted by Gasteiger charge is 2.73. The smallest absolute Gasteiger partial charge is 0.395 e. The molecule has 0 aromatic heterocycles. The van der Waals surface area contributed by atoms with Crippen LogP contribution in [0.3, 0.4) is 0 Å². The van der Waals surface area contributed by atoms with Crippen molar-refractivity contribution in [3.8, 4) is 0 Å². The van der Waals surface area contributed by atoms with Crippen LogP contribution in [0.5, 0.6) is 0 Å². The summed E-state index contributed by atoms with van der Waals surface area (Å²) in [6.07, 6.45) is 2.96. The van der Waals surface area contributed by atoms with Crippen LogP contribution in [0.2, 0.25) is 0 Å². The van der Waals surface area contributed by atoms with E-state index in [2.05, 4.69) is 38.8 Å². The predicted molar refractivity (Wildman–Crippen MR) is 258 cm³/mol. The summed E-state index contributed by atoms with van der Waals surface area (Å²) in [7, 11) is -11.0. The summed E-state index contributed by atoms with van der Waals surface area (Å²) in [5.74, 6) is -0.703. The van der Waals surface area contributed by atoms with Gasteiger partial charge in [-0.2, -0.15) is 13.2 Å². The van der Waals surface area contributed by atoms with Crippen LogP contribution in [0.25, 0.3) is 0 Å². The van der Waals surface area contributed by atoms with Gasteiger partial charge in [0.2, 0.25) is 6.43 Å². The maximum atomic E-state index is 14.3. The van der Waals surface area contributed by atoms with E-state index in [9.17, 15) is 48.7 Å². The Balaban J connectivity index is 0.914. The normalized spacial score (nSPS) is 24.2. The Morgan fingerprint density at radius 3 is 2.06 bits per heavy atom. The van der Waals surface area contributed by atoms with Gasteiger partial charge in [0.05, 0.1) is 17.2 Å². The largest absolute Gasteiger partial charge is 0.501 e. The van der Waals surface area contributed by atoms with Crippen molar-refractivity contribution in [2.24, 2.45) is 16.2 Å². The lowest BCUT2D eigenvalue weighted by Gasteiger charge is -2.72. The molecule has 3 aromatic carbocycles. The molecule has 3 aromatic rings. The molecular formula is C49H63F5N6O6S3. The maximum Gasteiger partial charge on any atom is 0.501 e. The minimum absolute atomic E-state index is 0.0298. The summed E-state index contributed by atoms with van der Waals surface area (Å²) in [5.41, 5.74) is -3.25. The maximum absolute atomic E-state index is 14.3. The number of carbonyl (C=O) groups excluding carboxylic acids is 1. The Morgan fingerprint density at radius 2 is 1.45 bits per heavy atom. The summed E-state index contributed by atoms with van der Waals surface area (Å²) in [5, 5.41) is 12.3. The minimum atomic E-state index is -6.09. The van der Waals surface area contributed by atoms with Crippen molar-refractivity contribution in [1.29, 1.82) is 0 Å². The third-order valence-corrected chi connectivity index (χ3v) is 19.0. The number of sulfonamides is 1. The Kier molecular flexibility index (Phi) is 15.2. The van der Waals surface area contributed by atoms with Gasteiger partial charge in [-0.15, -0.1) is 11.8 Å². The number of hydrogen-bond acceptors (Lipinski definition) is 12. The molecule has 0 unspecified atom stereocenters. The van der Waals surface area contributed by atoms with Crippen LogP contribution in [0.1, 0.15) is 69.2 Å². The van der Waals surface area contributed by atoms with E-state index in [0.29, 0.717) is 76.8 Å². The van der Waals surface area contributed by atoms with Gasteiger partial charge < -0.3 is 20.2 Å². The molecule has 0 spiro atoms. The molecule has 2 aliphatic heterocycles. The number of anilines is 2. The van der Waals surface area contributed by atoms with E-state index in [0.717, 1.165) is 74.7 Å². The van der Waals surface area contributed by atoms with Crippen LogP contribution in [-0.4, -0.2) is 145 Å². The predicted octanol–water partition coefficient (Wildman–Crippen LogP) is 7.74. The van der Waals surface area contributed by atoms with Crippen LogP contribution in [-0.2, 0) is 19.9 Å². The molecule has 1 amide bonds. The second kappa shape index (κ2) is 20.4. The molecule has 20 heteroatoms. The molecule has 1 atom stereocenters. The number of β-amino-alcohol motifs (C(OH)–C–C–N with tert-alkyl or cyclic N) is 1. The first-order chi connectivity index (χ1) is 32.6. The fourth-order valence-electron chi connectivity index (χ4n) is 11.0. The second-order valence-corrected chi connectivity index (χ2v) is 25.1. The lowest BCUT2D eigenvalue weighted by atomic mass is 9.32. The van der Waals surface area contributed by atoms with Crippen LogP contribution in [0.15, 0.2) is 98.6 Å². The number of allylic oxidation sites excluding steroid dienone is 1. The number of benzene rings is 3. The van der Waals surface area contributed by atoms with Crippen molar-refractivity contribution < 1.29 is 48.7 Å². The van der Waals surface area contributed by atoms with Crippen molar-refractivity contribution in [1.82, 2.24) is 19.4 Å². The number of halogens is 5. The monoisotopic (exact) mass is 1020 g/mol. The number of nitrogens with one attached hydrogen (secondary N) is 2. The average molecular weight is 1020 g/mol. The molecule has 69 heavy (non-hydrogen) atoms. The summed E-state index contributed by atoms with van der Waals surface area (Å²) >= 11 is 1.44. The molecule has 9 rings (SSSR count). The summed E-state index contributed by atoms with van der Waals surface area (Å²) in [4.78, 5) is 21.1. The topological polar surface area (TPSA) is 143 Å². The summed E-state index contributed by atoms with van der Waals surface area (Å²) in [6, 6.07) is 17.5. The lowest BCUT2D eigenvalue weighted by Crippen LogP contribution is -2.66. The van der Waals surface area contributed by atoms with E-state index in [1.165, 1.54) is 35.0 Å². The van der Waals surface area contributed by atoms with Gasteiger partial charge in [-0.05, 0) is 110 Å². The zero-order valence-electron chi connectivity index (χ0n) is 39.1. The van der Waals surface area contributed by atoms with Gasteiger partial charge in [0.1, 0.15) is 4.90 Å². The lowest BCUT2D eigenvalue weighted by molar-refractivity contribution is -0.250. The summed E-state index contributed by atoms with van der Waals surface area (Å²) < 4.78 is 126. The van der Waals surface area contributed by atoms with Gasteiger partial charge in [-0.25, -0.2) is 30.3 Å². The number of alkyl halides is 5. The fourth-order valence-corrected chi connectivity index (χ4v) is 14.0. The third kappa shape index (κ3) is 11.5. The van der Waals surface area contributed by atoms with Crippen LogP contribution >= 0.6 is 11.8 Å². The molecule has 2 heterocycles. The Bertz CT molecular complexity index is 2550. The Hall–Kier alpha value is -3.79. The molecular weight excluding hydrogens is 960 g/mol. The van der Waals surface area contributed by atoms with Gasteiger partial charge in [-0.1, -0.05) is 43.2 Å². The first kappa shape index (κ1) is 51.6. The number of sulfone groups is 1. The van der Waals surface area contributed by atoms with Crippen molar-refractivity contribution >= 4 is 48.9 Å². The van der Waals surface area contributed by atoms with E-state index >= 15 is 0 Å². The number of aliphatic hydroxyl groups is 1. The quantitative estimate of drug-likeness (QED) is 0.0615. The molecule has 0 radical (unpaired) electrons. The van der Waals surface area contributed by atoms with Crippen molar-refractivity contribution in [3.63, 3.8) is 0 Å². The van der Waals surface area contributed by atoms with E-state index in [4.69, 9.17) is 0 Å². The van der Waals surface area contributed by atoms with Gasteiger partial charge in [0.25, 0.3) is 25.8 Å². The molecule has 2 bridgehead atoms. The first-order valence-corrected chi connectivity index (χ1v) is 27.7. The van der Waals surface area contributed by atoms with Gasteiger partial charge in [0, 0.05) is 105 Å². The van der Waals surface area contributed by atoms with E-state index in [1.807, 2.05) is 35.1 Å². The molecule has 6 aliphatic rings. The third-order valence-electron chi connectivity index (χ3n) is 15.0. The second-order valence-electron chi connectivity index (χ2n) is 20.4. The number of aliphatic hydroxyl groups excluding tert-OH is 1. The van der Waals surface area contributed by atoms with Crippen molar-refractivity contribution in [3.05, 3.63) is 89.5 Å². The molecule has 3 N–H and O–H groups in total. The number of carbonyl (C=O) groups is 1. The molecule has 5 fully saturated rings. The van der Waals surface area contributed by atoms with Crippen LogP contribution in [0, 0.1) is 16.2 Å². The molecule has 4 aliphatic carbocycles. The fraction of sp³-hybridized carbons (Fsp3) is 0.571. The molecule has 3 saturated carbocycles. The molecule has 12 nitrogen and oxygen atoms in total. The Labute approximate surface area is 407 Å². The number of amides is 1. The molecule has 2 saturated heterocycles. The average Bonchev–Trinajstić information content (AvgIpc) is 3.27. The van der Waals surface area contributed by atoms with Crippen molar-refractivity contribution in [2.75, 3.05) is 94.6 Å². The van der Waals surface area contributed by atoms with Gasteiger partial charge in [-0.3, -0.25) is 14.6 Å². The highest BCUT2D eigenvalue weighted by molar-refractivity contribution is 7.99. The van der Waals surface area contributed by atoms with E-state index < -0.39 is 64.6 Å². The van der Waals surface area contributed by atoms with Gasteiger partial charge in [0.15, 0.2) is 0 Å². The van der Waals surface area contributed by atoms with Crippen LogP contribution < -0.4 is 14.9 Å². The Morgan fingerprint density at radius 1 is 0.826 bits per heavy atom. The number of rotatable bonds is 19. The number of piperazine rings is 2. The van der Waals surface area contributed by atoms with E-state index in [1.54, 1.807) is 12.1 Å². The number of nitrogens with zero attached hydrogens (tertiary/aromatic N) is 4. The zero-order valence-corrected chi connectivity index (χ0v) is 41.6. The number of hydrogen-bond donors (Lipinski definition) is 3. The SMILES string of the molecule is CC1(C)CCC(CN2CCN(c3ccc(C(=O)NS(=O)(=O)c4ccc(N[C@H](CCN5CCN(CCO)CC5)CSc5ccccc5)c(S(=O)(=O)C(F)(F)F)c4)cc3)CC2)=C(C23CC(C(F)F)(C2)C3)C1. The first-order valence-electron chi connectivity index (χ1n) is 23.7. The van der Waals surface area contributed by atoms with Gasteiger partial charge >= 0.3 is 5.51 Å². The van der Waals surface area contributed by atoms with Crippen molar-refractivity contribution in [2.45, 2.75) is 91.5 Å². The number of thioether (sulfide) groups is 1. The zero-order chi connectivity index (χ0) is 49.4.